The summed E-state index contributed by atoms with van der Waals surface area (Å²) < 4.78 is 15.7. The molecule has 0 spiro atoms. The Morgan fingerprint density at radius 3 is 2.93 bits per heavy atom. The second-order valence-electron chi connectivity index (χ2n) is 5.66. The van der Waals surface area contributed by atoms with E-state index in [-0.39, 0.29) is 25.1 Å². The lowest BCUT2D eigenvalue weighted by atomic mass is 10.2. The van der Waals surface area contributed by atoms with E-state index in [1.807, 2.05) is 18.2 Å². The molecule has 0 atom stereocenters. The van der Waals surface area contributed by atoms with E-state index in [1.54, 1.807) is 30.3 Å². The van der Waals surface area contributed by atoms with E-state index in [2.05, 4.69) is 15.5 Å². The highest BCUT2D eigenvalue weighted by Crippen LogP contribution is 2.32. The van der Waals surface area contributed by atoms with Crippen molar-refractivity contribution in [3.8, 4) is 22.9 Å². The van der Waals surface area contributed by atoms with Gasteiger partial charge in [0.15, 0.2) is 11.5 Å². The van der Waals surface area contributed by atoms with Crippen LogP contribution in [-0.2, 0) is 11.3 Å². The van der Waals surface area contributed by atoms with Crippen LogP contribution < -0.4 is 14.8 Å². The van der Waals surface area contributed by atoms with Gasteiger partial charge in [0.25, 0.3) is 0 Å². The van der Waals surface area contributed by atoms with Crippen LogP contribution in [0.5, 0.6) is 11.5 Å². The Balaban J connectivity index is 1.35. The molecule has 0 saturated heterocycles. The maximum atomic E-state index is 12.0. The van der Waals surface area contributed by atoms with Gasteiger partial charge >= 0.3 is 0 Å². The molecule has 8 heteroatoms. The number of carbonyl (C=O) groups excluding carboxylic acids is 1. The van der Waals surface area contributed by atoms with Crippen molar-refractivity contribution in [1.82, 2.24) is 15.5 Å². The van der Waals surface area contributed by atoms with Gasteiger partial charge in [-0.2, -0.15) is 4.98 Å². The van der Waals surface area contributed by atoms with Crippen molar-refractivity contribution in [3.63, 3.8) is 0 Å². The average molecular weight is 384 g/mol. The Kier molecular flexibility index (Phi) is 4.76. The van der Waals surface area contributed by atoms with Crippen LogP contribution in [0.3, 0.4) is 0 Å². The summed E-state index contributed by atoms with van der Waals surface area (Å²) in [4.78, 5) is 16.2. The number of ether oxygens (including phenoxy) is 2. The average Bonchev–Trinajstić information content (AvgIpc) is 3.34. The molecule has 3 aromatic rings. The Bertz CT molecular complexity index is 1020. The van der Waals surface area contributed by atoms with Gasteiger partial charge in [-0.05, 0) is 35.9 Å². The molecule has 2 heterocycles. The van der Waals surface area contributed by atoms with Crippen LogP contribution in [0.25, 0.3) is 17.5 Å². The second-order valence-corrected chi connectivity index (χ2v) is 6.06. The number of hydrogen-bond acceptors (Lipinski definition) is 6. The first-order valence-corrected chi connectivity index (χ1v) is 8.50. The quantitative estimate of drug-likeness (QED) is 0.679. The topological polar surface area (TPSA) is 86.5 Å². The standard InChI is InChI=1S/C19H14ClN3O4/c20-14-4-2-1-3-13(14)19-22-18(27-23-19)10-21-17(24)8-6-12-5-7-15-16(9-12)26-11-25-15/h1-9H,10-11H2,(H,21,24)/b8-6+. The molecule has 1 aliphatic rings. The maximum Gasteiger partial charge on any atom is 0.246 e. The Morgan fingerprint density at radius 2 is 2.04 bits per heavy atom. The van der Waals surface area contributed by atoms with E-state index in [0.717, 1.165) is 5.56 Å². The number of halogens is 1. The monoisotopic (exact) mass is 383 g/mol. The number of amides is 1. The highest BCUT2D eigenvalue weighted by molar-refractivity contribution is 6.33. The van der Waals surface area contributed by atoms with Gasteiger partial charge in [-0.15, -0.1) is 0 Å². The van der Waals surface area contributed by atoms with E-state index < -0.39 is 0 Å². The Morgan fingerprint density at radius 1 is 1.19 bits per heavy atom. The summed E-state index contributed by atoms with van der Waals surface area (Å²) in [6, 6.07) is 12.6. The van der Waals surface area contributed by atoms with E-state index >= 15 is 0 Å². The molecule has 0 fully saturated rings. The van der Waals surface area contributed by atoms with Gasteiger partial charge < -0.3 is 19.3 Å². The first kappa shape index (κ1) is 17.1. The fraction of sp³-hybridized carbons (Fsp3) is 0.105. The summed E-state index contributed by atoms with van der Waals surface area (Å²) in [6.07, 6.45) is 3.10. The van der Waals surface area contributed by atoms with Gasteiger partial charge in [-0.3, -0.25) is 4.79 Å². The molecule has 1 aromatic heterocycles. The van der Waals surface area contributed by atoms with Crippen LogP contribution in [0.4, 0.5) is 0 Å². The number of benzene rings is 2. The van der Waals surface area contributed by atoms with Crippen LogP contribution >= 0.6 is 11.6 Å². The van der Waals surface area contributed by atoms with Gasteiger partial charge in [0, 0.05) is 11.6 Å². The second kappa shape index (κ2) is 7.51. The summed E-state index contributed by atoms with van der Waals surface area (Å²) in [5.41, 5.74) is 1.50. The molecule has 1 aliphatic heterocycles. The Hall–Kier alpha value is -3.32. The zero-order valence-corrected chi connectivity index (χ0v) is 14.8. The SMILES string of the molecule is O=C(/C=C/c1ccc2c(c1)OCO2)NCc1nc(-c2ccccc2Cl)no1. The van der Waals surface area contributed by atoms with Crippen LogP contribution in [-0.4, -0.2) is 22.8 Å². The summed E-state index contributed by atoms with van der Waals surface area (Å²) in [5, 5.41) is 7.10. The highest BCUT2D eigenvalue weighted by atomic mass is 35.5. The van der Waals surface area contributed by atoms with E-state index in [9.17, 15) is 4.79 Å². The minimum absolute atomic E-state index is 0.113. The highest BCUT2D eigenvalue weighted by Gasteiger charge is 2.13. The number of nitrogens with zero attached hydrogens (tertiary/aromatic N) is 2. The predicted octanol–water partition coefficient (Wildman–Crippen LogP) is 3.45. The molecule has 27 heavy (non-hydrogen) atoms. The summed E-state index contributed by atoms with van der Waals surface area (Å²) in [6.45, 7) is 0.325. The molecular weight excluding hydrogens is 370 g/mol. The zero-order chi connectivity index (χ0) is 18.6. The minimum Gasteiger partial charge on any atom is -0.454 e. The maximum absolute atomic E-state index is 12.0. The van der Waals surface area contributed by atoms with Crippen molar-refractivity contribution in [1.29, 1.82) is 0 Å². The number of nitrogens with one attached hydrogen (secondary N) is 1. The van der Waals surface area contributed by atoms with Crippen molar-refractivity contribution in [2.45, 2.75) is 6.54 Å². The van der Waals surface area contributed by atoms with Crippen molar-refractivity contribution in [2.24, 2.45) is 0 Å². The van der Waals surface area contributed by atoms with Crippen LogP contribution in [0.2, 0.25) is 5.02 Å². The van der Waals surface area contributed by atoms with Crippen molar-refractivity contribution in [2.75, 3.05) is 6.79 Å². The number of carbonyl (C=O) groups is 1. The van der Waals surface area contributed by atoms with Crippen LogP contribution in [0.15, 0.2) is 53.1 Å². The van der Waals surface area contributed by atoms with Crippen LogP contribution in [0.1, 0.15) is 11.5 Å². The fourth-order valence-corrected chi connectivity index (χ4v) is 2.71. The first-order chi connectivity index (χ1) is 13.2. The third-order valence-electron chi connectivity index (χ3n) is 3.82. The molecule has 136 valence electrons. The lowest BCUT2D eigenvalue weighted by Crippen LogP contribution is -2.20. The molecule has 7 nitrogen and oxygen atoms in total. The molecule has 1 amide bonds. The van der Waals surface area contributed by atoms with Gasteiger partial charge in [-0.25, -0.2) is 0 Å². The van der Waals surface area contributed by atoms with Crippen LogP contribution in [0, 0.1) is 0 Å². The Labute approximate surface area is 159 Å². The lowest BCUT2D eigenvalue weighted by molar-refractivity contribution is -0.116. The number of rotatable bonds is 5. The third kappa shape index (κ3) is 3.93. The summed E-state index contributed by atoms with van der Waals surface area (Å²) in [7, 11) is 0. The van der Waals surface area contributed by atoms with Gasteiger partial charge in [-0.1, -0.05) is 35.0 Å². The first-order valence-electron chi connectivity index (χ1n) is 8.12. The number of fused-ring (bicyclic) bond motifs is 1. The number of aromatic nitrogens is 2. The van der Waals surface area contributed by atoms with E-state index in [4.69, 9.17) is 25.6 Å². The van der Waals surface area contributed by atoms with Gasteiger partial charge in [0.2, 0.25) is 24.4 Å². The smallest absolute Gasteiger partial charge is 0.246 e. The third-order valence-corrected chi connectivity index (χ3v) is 4.15. The molecule has 0 aliphatic carbocycles. The molecular formula is C19H14ClN3O4. The molecule has 0 unspecified atom stereocenters. The number of hydrogen-bond donors (Lipinski definition) is 1. The molecule has 0 bridgehead atoms. The van der Waals surface area contributed by atoms with Crippen molar-refractivity contribution < 1.29 is 18.8 Å². The lowest BCUT2D eigenvalue weighted by Gasteiger charge is -1.99. The van der Waals surface area contributed by atoms with Gasteiger partial charge in [0.1, 0.15) is 0 Å². The largest absolute Gasteiger partial charge is 0.454 e. The normalized spacial score (nSPS) is 12.5. The van der Waals surface area contributed by atoms with Gasteiger partial charge in [0.05, 0.1) is 11.6 Å². The van der Waals surface area contributed by atoms with Crippen molar-refractivity contribution in [3.05, 3.63) is 65.0 Å². The molecule has 2 aromatic carbocycles. The zero-order valence-electron chi connectivity index (χ0n) is 14.0. The van der Waals surface area contributed by atoms with E-state index in [1.165, 1.54) is 6.08 Å². The predicted molar refractivity (Wildman–Crippen MR) is 98.2 cm³/mol. The summed E-state index contributed by atoms with van der Waals surface area (Å²) >= 11 is 6.11. The molecule has 4 rings (SSSR count). The molecule has 0 saturated carbocycles. The minimum atomic E-state index is -0.287. The van der Waals surface area contributed by atoms with E-state index in [0.29, 0.717) is 27.9 Å². The molecule has 0 radical (unpaired) electrons. The van der Waals surface area contributed by atoms with Crippen molar-refractivity contribution >= 4 is 23.6 Å². The fourth-order valence-electron chi connectivity index (χ4n) is 2.49. The molecule has 1 N–H and O–H groups in total. The summed E-state index contributed by atoms with van der Waals surface area (Å²) in [5.74, 6) is 1.73.